The highest BCUT2D eigenvalue weighted by Gasteiger charge is 2.10. The minimum Gasteiger partial charge on any atom is -0.347 e. The van der Waals surface area contributed by atoms with Crippen LogP contribution in [0, 0.1) is 13.8 Å². The quantitative estimate of drug-likeness (QED) is 0.830. The lowest BCUT2D eigenvalue weighted by molar-refractivity contribution is 0.0953. The van der Waals surface area contributed by atoms with Crippen LogP contribution in [0.3, 0.4) is 0 Å². The molecule has 0 saturated carbocycles. The molecule has 0 spiro atoms. The van der Waals surface area contributed by atoms with E-state index in [9.17, 15) is 4.79 Å². The highest BCUT2D eigenvalue weighted by molar-refractivity contribution is 6.30. The Labute approximate surface area is 134 Å². The second-order valence-electron chi connectivity index (χ2n) is 4.80. The summed E-state index contributed by atoms with van der Waals surface area (Å²) in [6.45, 7) is 7.71. The van der Waals surface area contributed by atoms with Gasteiger partial charge in [-0.2, -0.15) is 0 Å². The molecule has 0 radical (unpaired) electrons. The van der Waals surface area contributed by atoms with E-state index >= 15 is 0 Å². The van der Waals surface area contributed by atoms with Gasteiger partial charge in [0.05, 0.1) is 0 Å². The molecule has 0 aliphatic heterocycles. The summed E-state index contributed by atoms with van der Waals surface area (Å²) in [6, 6.07) is 7.14. The van der Waals surface area contributed by atoms with E-state index in [2.05, 4.69) is 27.2 Å². The number of aryl methyl sites for hydroxylation is 2. The molecule has 1 amide bonds. The zero-order valence-corrected chi connectivity index (χ0v) is 13.2. The minimum absolute atomic E-state index is 0.267. The number of hydrogen-bond donors (Lipinski definition) is 2. The molecular formula is C16H17ClN4O. The number of amides is 1. The third-order valence-corrected chi connectivity index (χ3v) is 3.17. The van der Waals surface area contributed by atoms with Crippen molar-refractivity contribution in [3.8, 4) is 0 Å². The van der Waals surface area contributed by atoms with Gasteiger partial charge < -0.3 is 10.6 Å². The van der Waals surface area contributed by atoms with Crippen LogP contribution in [0.5, 0.6) is 0 Å². The topological polar surface area (TPSA) is 66.9 Å². The first-order valence-corrected chi connectivity index (χ1v) is 7.15. The Morgan fingerprint density at radius 3 is 2.82 bits per heavy atom. The van der Waals surface area contributed by atoms with Gasteiger partial charge in [-0.15, -0.1) is 6.58 Å². The molecule has 0 aliphatic carbocycles. The monoisotopic (exact) mass is 316 g/mol. The second-order valence-corrected chi connectivity index (χ2v) is 5.24. The van der Waals surface area contributed by atoms with Gasteiger partial charge in [-0.05, 0) is 37.6 Å². The van der Waals surface area contributed by atoms with E-state index in [1.54, 1.807) is 18.2 Å². The van der Waals surface area contributed by atoms with Crippen LogP contribution in [0.15, 0.2) is 36.9 Å². The molecule has 1 aromatic carbocycles. The van der Waals surface area contributed by atoms with Crippen LogP contribution in [-0.2, 0) is 0 Å². The molecular weight excluding hydrogens is 300 g/mol. The summed E-state index contributed by atoms with van der Waals surface area (Å²) in [5.74, 6) is 0.0883. The van der Waals surface area contributed by atoms with Crippen molar-refractivity contribution < 1.29 is 4.79 Å². The average Bonchev–Trinajstić information content (AvgIpc) is 2.48. The van der Waals surface area contributed by atoms with E-state index in [0.717, 1.165) is 11.3 Å². The second kappa shape index (κ2) is 7.04. The number of nitrogens with zero attached hydrogens (tertiary/aromatic N) is 2. The first kappa shape index (κ1) is 16.0. The van der Waals surface area contributed by atoms with Gasteiger partial charge in [-0.1, -0.05) is 23.7 Å². The zero-order chi connectivity index (χ0) is 16.1. The molecule has 6 heteroatoms. The van der Waals surface area contributed by atoms with Gasteiger partial charge in [0, 0.05) is 22.9 Å². The van der Waals surface area contributed by atoms with Crippen molar-refractivity contribution in [2.45, 2.75) is 13.8 Å². The molecule has 5 nitrogen and oxygen atoms in total. The summed E-state index contributed by atoms with van der Waals surface area (Å²) in [5, 5.41) is 6.41. The normalized spacial score (nSPS) is 10.1. The lowest BCUT2D eigenvalue weighted by Gasteiger charge is -2.10. The Hall–Kier alpha value is -2.40. The van der Waals surface area contributed by atoms with E-state index in [4.69, 9.17) is 11.6 Å². The summed E-state index contributed by atoms with van der Waals surface area (Å²) in [4.78, 5) is 20.5. The molecule has 1 heterocycles. The number of benzene rings is 1. The lowest BCUT2D eigenvalue weighted by atomic mass is 10.2. The Kier molecular flexibility index (Phi) is 5.12. The number of halogens is 1. The third kappa shape index (κ3) is 4.05. The molecule has 114 valence electrons. The van der Waals surface area contributed by atoms with Crippen LogP contribution < -0.4 is 10.6 Å². The lowest BCUT2D eigenvalue weighted by Crippen LogP contribution is -2.24. The van der Waals surface area contributed by atoms with Crippen LogP contribution in [0.2, 0.25) is 5.02 Å². The van der Waals surface area contributed by atoms with Gasteiger partial charge in [0.15, 0.2) is 0 Å². The molecule has 0 unspecified atom stereocenters. The predicted octanol–water partition coefficient (Wildman–Crippen LogP) is 3.41. The summed E-state index contributed by atoms with van der Waals surface area (Å²) in [7, 11) is 0. The predicted molar refractivity (Wildman–Crippen MR) is 88.8 cm³/mol. The van der Waals surface area contributed by atoms with Gasteiger partial charge in [0.2, 0.25) is 5.95 Å². The van der Waals surface area contributed by atoms with Crippen LogP contribution in [0.25, 0.3) is 0 Å². The molecule has 22 heavy (non-hydrogen) atoms. The minimum atomic E-state index is -0.267. The summed E-state index contributed by atoms with van der Waals surface area (Å²) >= 11 is 6.00. The fourth-order valence-electron chi connectivity index (χ4n) is 1.85. The van der Waals surface area contributed by atoms with Gasteiger partial charge in [0.1, 0.15) is 5.69 Å². The zero-order valence-electron chi connectivity index (χ0n) is 12.5. The fraction of sp³-hybridized carbons (Fsp3) is 0.188. The first-order chi connectivity index (χ1) is 10.5. The van der Waals surface area contributed by atoms with E-state index in [0.29, 0.717) is 28.9 Å². The molecule has 0 saturated heterocycles. The van der Waals surface area contributed by atoms with Crippen LogP contribution in [0.4, 0.5) is 11.6 Å². The van der Waals surface area contributed by atoms with Crippen LogP contribution in [0.1, 0.15) is 21.7 Å². The molecule has 2 N–H and O–H groups in total. The maximum atomic E-state index is 12.0. The number of rotatable bonds is 5. The molecule has 0 fully saturated rings. The molecule has 2 rings (SSSR count). The number of nitrogens with one attached hydrogen (secondary N) is 2. The molecule has 0 aliphatic rings. The van der Waals surface area contributed by atoms with E-state index < -0.39 is 0 Å². The van der Waals surface area contributed by atoms with Gasteiger partial charge in [-0.3, -0.25) is 4.79 Å². The number of hydrogen-bond acceptors (Lipinski definition) is 4. The number of carbonyl (C=O) groups excluding carboxylic acids is 1. The van der Waals surface area contributed by atoms with Crippen LogP contribution in [-0.4, -0.2) is 22.4 Å². The largest absolute Gasteiger partial charge is 0.347 e. The van der Waals surface area contributed by atoms with E-state index in [1.807, 2.05) is 26.0 Å². The van der Waals surface area contributed by atoms with Crippen LogP contribution >= 0.6 is 11.6 Å². The molecule has 0 bridgehead atoms. The highest BCUT2D eigenvalue weighted by atomic mass is 35.5. The number of anilines is 2. The smallest absolute Gasteiger partial charge is 0.270 e. The Morgan fingerprint density at radius 2 is 2.09 bits per heavy atom. The van der Waals surface area contributed by atoms with Crippen molar-refractivity contribution in [2.75, 3.05) is 11.9 Å². The maximum absolute atomic E-state index is 12.0. The summed E-state index contributed by atoms with van der Waals surface area (Å²) in [6.07, 6.45) is 1.61. The SMILES string of the molecule is C=CCNC(=O)c1cc(C)nc(Nc2cc(Cl)ccc2C)n1. The van der Waals surface area contributed by atoms with Crippen molar-refractivity contribution in [1.82, 2.24) is 15.3 Å². The van der Waals surface area contributed by atoms with Gasteiger partial charge in [0.25, 0.3) is 5.91 Å². The van der Waals surface area contributed by atoms with Crippen molar-refractivity contribution >= 4 is 29.1 Å². The maximum Gasteiger partial charge on any atom is 0.270 e. The standard InChI is InChI=1S/C16H17ClN4O/c1-4-7-18-15(22)14-8-11(3)19-16(21-14)20-13-9-12(17)6-5-10(13)2/h4-6,8-9H,1,7H2,2-3H3,(H,18,22)(H,19,20,21). The number of aromatic nitrogens is 2. The van der Waals surface area contributed by atoms with Crippen molar-refractivity contribution in [2.24, 2.45) is 0 Å². The fourth-order valence-corrected chi connectivity index (χ4v) is 2.02. The highest BCUT2D eigenvalue weighted by Crippen LogP contribution is 2.22. The van der Waals surface area contributed by atoms with Crippen molar-refractivity contribution in [3.63, 3.8) is 0 Å². The Bertz CT molecular complexity index is 715. The van der Waals surface area contributed by atoms with E-state index in [1.165, 1.54) is 0 Å². The van der Waals surface area contributed by atoms with Gasteiger partial charge >= 0.3 is 0 Å². The summed E-state index contributed by atoms with van der Waals surface area (Å²) < 4.78 is 0. The molecule has 2 aromatic rings. The van der Waals surface area contributed by atoms with E-state index in [-0.39, 0.29) is 5.91 Å². The Balaban J connectivity index is 2.28. The van der Waals surface area contributed by atoms with Gasteiger partial charge in [-0.25, -0.2) is 9.97 Å². The number of carbonyl (C=O) groups is 1. The Morgan fingerprint density at radius 1 is 1.32 bits per heavy atom. The van der Waals surface area contributed by atoms with Crippen molar-refractivity contribution in [3.05, 3.63) is 58.9 Å². The average molecular weight is 317 g/mol. The third-order valence-electron chi connectivity index (χ3n) is 2.94. The van der Waals surface area contributed by atoms with Crippen molar-refractivity contribution in [1.29, 1.82) is 0 Å². The summed E-state index contributed by atoms with van der Waals surface area (Å²) in [5.41, 5.74) is 2.81. The molecule has 1 aromatic heterocycles. The first-order valence-electron chi connectivity index (χ1n) is 6.77. The molecule has 0 atom stereocenters.